The van der Waals surface area contributed by atoms with Crippen LogP contribution >= 0.6 is 0 Å². The van der Waals surface area contributed by atoms with E-state index in [0.717, 1.165) is 37.4 Å². The highest BCUT2D eigenvalue weighted by Crippen LogP contribution is 2.31. The van der Waals surface area contributed by atoms with E-state index in [9.17, 15) is 9.59 Å². The van der Waals surface area contributed by atoms with Crippen molar-refractivity contribution in [3.05, 3.63) is 50.7 Å². The fourth-order valence-corrected chi connectivity index (χ4v) is 3.84. The Bertz CT molecular complexity index is 1120. The molecular weight excluding hydrogens is 342 g/mol. The van der Waals surface area contributed by atoms with E-state index in [2.05, 4.69) is 35.9 Å². The zero-order valence-electron chi connectivity index (χ0n) is 16.1. The summed E-state index contributed by atoms with van der Waals surface area (Å²) < 4.78 is 4.82. The number of hydrogen-bond acceptors (Lipinski definition) is 4. The van der Waals surface area contributed by atoms with Crippen molar-refractivity contribution in [2.75, 3.05) is 11.4 Å². The second kappa shape index (κ2) is 6.72. The minimum absolute atomic E-state index is 0.228. The van der Waals surface area contributed by atoms with Crippen molar-refractivity contribution >= 4 is 22.8 Å². The molecule has 0 N–H and O–H groups in total. The third-order valence-corrected chi connectivity index (χ3v) is 5.30. The molecule has 0 radical (unpaired) electrons. The number of benzene rings is 1. The molecule has 0 saturated carbocycles. The lowest BCUT2D eigenvalue weighted by Crippen LogP contribution is -2.39. The van der Waals surface area contributed by atoms with Gasteiger partial charge >= 0.3 is 5.69 Å². The van der Waals surface area contributed by atoms with Crippen molar-refractivity contribution in [3.8, 4) is 0 Å². The summed E-state index contributed by atoms with van der Waals surface area (Å²) in [5.41, 5.74) is 2.70. The number of fused-ring (bicyclic) bond motifs is 3. The molecule has 0 aliphatic carbocycles. The van der Waals surface area contributed by atoms with Gasteiger partial charge in [-0.15, -0.1) is 0 Å². The molecule has 7 nitrogen and oxygen atoms in total. The highest BCUT2D eigenvalue weighted by atomic mass is 16.2. The average Bonchev–Trinajstić information content (AvgIpc) is 3.22. The molecule has 3 heterocycles. The molecule has 0 unspecified atom stereocenters. The zero-order chi connectivity index (χ0) is 19.1. The summed E-state index contributed by atoms with van der Waals surface area (Å²) >= 11 is 0. The molecule has 1 aromatic carbocycles. The monoisotopic (exact) mass is 367 g/mol. The summed E-state index contributed by atoms with van der Waals surface area (Å²) in [4.78, 5) is 32.6. The highest BCUT2D eigenvalue weighted by molar-refractivity contribution is 5.77. The lowest BCUT2D eigenvalue weighted by Gasteiger charge is -2.16. The zero-order valence-corrected chi connectivity index (χ0v) is 16.1. The summed E-state index contributed by atoms with van der Waals surface area (Å²) in [7, 11) is 1.69. The van der Waals surface area contributed by atoms with Gasteiger partial charge in [0, 0.05) is 32.4 Å². The molecule has 2 aromatic heterocycles. The Labute approximate surface area is 157 Å². The molecule has 1 aliphatic heterocycles. The van der Waals surface area contributed by atoms with Gasteiger partial charge in [-0.1, -0.05) is 31.9 Å². The van der Waals surface area contributed by atoms with Gasteiger partial charge in [-0.05, 0) is 31.0 Å². The molecule has 4 rings (SSSR count). The van der Waals surface area contributed by atoms with Gasteiger partial charge in [0.25, 0.3) is 5.56 Å². The lowest BCUT2D eigenvalue weighted by molar-refractivity contribution is 0.549. The Morgan fingerprint density at radius 2 is 1.96 bits per heavy atom. The number of anilines is 2. The maximum Gasteiger partial charge on any atom is 0.332 e. The Kier molecular flexibility index (Phi) is 4.37. The third-order valence-electron chi connectivity index (χ3n) is 5.30. The summed E-state index contributed by atoms with van der Waals surface area (Å²) in [5, 5.41) is 0. The molecule has 7 heteroatoms. The van der Waals surface area contributed by atoms with Crippen LogP contribution < -0.4 is 16.1 Å². The van der Waals surface area contributed by atoms with Crippen molar-refractivity contribution < 1.29 is 0 Å². The Hall–Kier alpha value is -2.83. The smallest absolute Gasteiger partial charge is 0.310 e. The van der Waals surface area contributed by atoms with Crippen LogP contribution in [0.4, 0.5) is 11.6 Å². The molecule has 0 saturated heterocycles. The standard InChI is InChI=1S/C20H25N5O2/c1-4-5-6-10-25-18(26)16-17(22(3)20(25)27)21-19-23(11-12-24(16)19)15-9-7-8-14(2)13-15/h7-9,13H,4-6,10-12H2,1-3H3. The van der Waals surface area contributed by atoms with Crippen LogP contribution in [0.3, 0.4) is 0 Å². The quantitative estimate of drug-likeness (QED) is 0.650. The first-order chi connectivity index (χ1) is 13.0. The van der Waals surface area contributed by atoms with E-state index < -0.39 is 0 Å². The van der Waals surface area contributed by atoms with Crippen molar-refractivity contribution in [2.24, 2.45) is 7.05 Å². The van der Waals surface area contributed by atoms with Gasteiger partial charge in [0.2, 0.25) is 5.95 Å². The summed E-state index contributed by atoms with van der Waals surface area (Å²) in [6.07, 6.45) is 2.87. The molecule has 27 heavy (non-hydrogen) atoms. The van der Waals surface area contributed by atoms with Gasteiger partial charge < -0.3 is 9.47 Å². The summed E-state index contributed by atoms with van der Waals surface area (Å²) in [6.45, 7) is 6.06. The Balaban J connectivity index is 1.87. The number of rotatable bonds is 5. The van der Waals surface area contributed by atoms with Crippen LogP contribution in [0.2, 0.25) is 0 Å². The van der Waals surface area contributed by atoms with E-state index >= 15 is 0 Å². The maximum absolute atomic E-state index is 13.1. The van der Waals surface area contributed by atoms with Crippen molar-refractivity contribution in [3.63, 3.8) is 0 Å². The molecule has 0 amide bonds. The SMILES string of the molecule is CCCCCn1c(=O)c2c(nc3n2CCN3c2cccc(C)c2)n(C)c1=O. The normalized spacial score (nSPS) is 13.5. The first-order valence-corrected chi connectivity index (χ1v) is 9.57. The van der Waals surface area contributed by atoms with Crippen molar-refractivity contribution in [2.45, 2.75) is 46.2 Å². The van der Waals surface area contributed by atoms with E-state index in [0.29, 0.717) is 24.3 Å². The van der Waals surface area contributed by atoms with Crippen LogP contribution in [0.1, 0.15) is 31.7 Å². The van der Waals surface area contributed by atoms with Gasteiger partial charge in [-0.2, -0.15) is 4.98 Å². The number of aromatic nitrogens is 4. The number of aryl methyl sites for hydroxylation is 2. The van der Waals surface area contributed by atoms with Crippen LogP contribution in [0.5, 0.6) is 0 Å². The van der Waals surface area contributed by atoms with E-state index in [4.69, 9.17) is 0 Å². The van der Waals surface area contributed by atoms with Gasteiger partial charge in [-0.3, -0.25) is 13.9 Å². The van der Waals surface area contributed by atoms with Gasteiger partial charge in [0.1, 0.15) is 0 Å². The first-order valence-electron chi connectivity index (χ1n) is 9.57. The molecule has 0 atom stereocenters. The maximum atomic E-state index is 13.1. The van der Waals surface area contributed by atoms with Crippen LogP contribution in [-0.2, 0) is 20.1 Å². The predicted molar refractivity (Wildman–Crippen MR) is 107 cm³/mol. The summed E-state index contributed by atoms with van der Waals surface area (Å²) in [5.74, 6) is 0.731. The van der Waals surface area contributed by atoms with E-state index in [1.54, 1.807) is 7.05 Å². The molecular formula is C20H25N5O2. The second-order valence-electron chi connectivity index (χ2n) is 7.23. The van der Waals surface area contributed by atoms with Crippen molar-refractivity contribution in [1.82, 2.24) is 18.7 Å². The molecule has 0 bridgehead atoms. The van der Waals surface area contributed by atoms with E-state index in [1.807, 2.05) is 16.7 Å². The van der Waals surface area contributed by atoms with Gasteiger partial charge in [0.15, 0.2) is 11.2 Å². The van der Waals surface area contributed by atoms with Gasteiger partial charge in [0.05, 0.1) is 0 Å². The predicted octanol–water partition coefficient (Wildman–Crippen LogP) is 2.55. The molecule has 1 aliphatic rings. The Morgan fingerprint density at radius 1 is 1.15 bits per heavy atom. The molecule has 0 spiro atoms. The minimum atomic E-state index is -0.289. The Morgan fingerprint density at radius 3 is 2.70 bits per heavy atom. The van der Waals surface area contributed by atoms with Crippen LogP contribution in [0, 0.1) is 6.92 Å². The van der Waals surface area contributed by atoms with Crippen LogP contribution in [-0.4, -0.2) is 25.2 Å². The van der Waals surface area contributed by atoms with Gasteiger partial charge in [-0.25, -0.2) is 4.79 Å². The third kappa shape index (κ3) is 2.78. The van der Waals surface area contributed by atoms with E-state index in [1.165, 1.54) is 14.7 Å². The number of unbranched alkanes of at least 4 members (excludes halogenated alkanes) is 2. The highest BCUT2D eigenvalue weighted by Gasteiger charge is 2.28. The fourth-order valence-electron chi connectivity index (χ4n) is 3.84. The molecule has 0 fully saturated rings. The number of nitrogens with zero attached hydrogens (tertiary/aromatic N) is 5. The number of hydrogen-bond donors (Lipinski definition) is 0. The largest absolute Gasteiger partial charge is 0.332 e. The van der Waals surface area contributed by atoms with Crippen LogP contribution in [0.25, 0.3) is 11.2 Å². The summed E-state index contributed by atoms with van der Waals surface area (Å²) in [6, 6.07) is 8.23. The van der Waals surface area contributed by atoms with Crippen molar-refractivity contribution in [1.29, 1.82) is 0 Å². The minimum Gasteiger partial charge on any atom is -0.310 e. The molecule has 3 aromatic rings. The fraction of sp³-hybridized carbons (Fsp3) is 0.450. The number of imidazole rings is 1. The first kappa shape index (κ1) is 17.6. The van der Waals surface area contributed by atoms with E-state index in [-0.39, 0.29) is 11.2 Å². The topological polar surface area (TPSA) is 65.1 Å². The molecule has 142 valence electrons. The lowest BCUT2D eigenvalue weighted by atomic mass is 10.2. The average molecular weight is 367 g/mol. The second-order valence-corrected chi connectivity index (χ2v) is 7.23. The van der Waals surface area contributed by atoms with Crippen LogP contribution in [0.15, 0.2) is 33.9 Å².